The predicted octanol–water partition coefficient (Wildman–Crippen LogP) is -0.514. The highest BCUT2D eigenvalue weighted by molar-refractivity contribution is 7.62. The predicted molar refractivity (Wildman–Crippen MR) is 44.7 cm³/mol. The van der Waals surface area contributed by atoms with Crippen molar-refractivity contribution in [2.24, 2.45) is 15.1 Å². The minimum atomic E-state index is -2.61. The van der Waals surface area contributed by atoms with Crippen molar-refractivity contribution in [1.82, 2.24) is 9.97 Å². The number of guanidine groups is 1. The van der Waals surface area contributed by atoms with Crippen LogP contribution in [0, 0.1) is 0 Å². The van der Waals surface area contributed by atoms with Gasteiger partial charge in [-0.25, -0.2) is 9.97 Å². The molecule has 7 nitrogen and oxygen atoms in total. The van der Waals surface area contributed by atoms with E-state index in [4.69, 9.17) is 5.73 Å². The van der Waals surface area contributed by atoms with Gasteiger partial charge in [-0.15, -0.1) is 0 Å². The maximum Gasteiger partial charge on any atom is 0.319 e. The lowest BCUT2D eigenvalue weighted by Crippen LogP contribution is -2.07. The van der Waals surface area contributed by atoms with Gasteiger partial charge >= 0.3 is 10.5 Å². The summed E-state index contributed by atoms with van der Waals surface area (Å²) < 4.78 is 23.0. The molecule has 1 aromatic heterocycles. The first-order valence-electron chi connectivity index (χ1n) is 3.11. The third-order valence-electron chi connectivity index (χ3n) is 0.935. The molecule has 0 amide bonds. The van der Waals surface area contributed by atoms with Gasteiger partial charge in [0.05, 0.1) is 0 Å². The molecule has 2 N–H and O–H groups in total. The largest absolute Gasteiger partial charge is 0.367 e. The molecule has 0 bridgehead atoms. The standard InChI is InChI=1S/C5H5N5O2S/c6-4(10-13(11)12)9-5-7-2-1-3-8-5/h1-3H,(H2,6,7,8,9). The summed E-state index contributed by atoms with van der Waals surface area (Å²) in [7, 11) is -2.61. The lowest BCUT2D eigenvalue weighted by molar-refractivity contribution is 0.623. The number of rotatable bonds is 1. The Labute approximate surface area is 75.1 Å². The first-order chi connectivity index (χ1) is 6.18. The second kappa shape index (κ2) is 4.26. The van der Waals surface area contributed by atoms with Gasteiger partial charge in [-0.1, -0.05) is 4.36 Å². The Kier molecular flexibility index (Phi) is 3.03. The average Bonchev–Trinajstić information content (AvgIpc) is 2.04. The highest BCUT2D eigenvalue weighted by Crippen LogP contribution is 1.98. The highest BCUT2D eigenvalue weighted by atomic mass is 32.2. The molecule has 0 fully saturated rings. The molecule has 0 unspecified atom stereocenters. The quantitative estimate of drug-likeness (QED) is 0.483. The van der Waals surface area contributed by atoms with Crippen LogP contribution < -0.4 is 5.73 Å². The van der Waals surface area contributed by atoms with Gasteiger partial charge in [0.25, 0.3) is 5.95 Å². The van der Waals surface area contributed by atoms with E-state index in [0.29, 0.717) is 0 Å². The number of nitrogens with two attached hydrogens (primary N) is 1. The van der Waals surface area contributed by atoms with Crippen LogP contribution in [0.4, 0.5) is 5.95 Å². The lowest BCUT2D eigenvalue weighted by atomic mass is 10.7. The zero-order valence-electron chi connectivity index (χ0n) is 6.32. The van der Waals surface area contributed by atoms with Gasteiger partial charge < -0.3 is 5.73 Å². The molecule has 68 valence electrons. The molecule has 8 heteroatoms. The minimum absolute atomic E-state index is 0.0641. The smallest absolute Gasteiger partial charge is 0.319 e. The molecule has 0 aromatic carbocycles. The van der Waals surface area contributed by atoms with Crippen LogP contribution in [-0.2, 0) is 10.5 Å². The van der Waals surface area contributed by atoms with Crippen LogP contribution in [0.1, 0.15) is 0 Å². The molecular weight excluding hydrogens is 194 g/mol. The first kappa shape index (κ1) is 9.26. The molecule has 0 aliphatic rings. The summed E-state index contributed by atoms with van der Waals surface area (Å²) >= 11 is 0. The molecule has 1 heterocycles. The molecule has 0 radical (unpaired) electrons. The van der Waals surface area contributed by atoms with E-state index >= 15 is 0 Å². The number of hydrogen-bond acceptors (Lipinski definition) is 5. The molecule has 0 aliphatic heterocycles. The summed E-state index contributed by atoms with van der Waals surface area (Å²) in [5.41, 5.74) is 5.12. The number of hydrogen-bond donors (Lipinski definition) is 1. The van der Waals surface area contributed by atoms with Crippen LogP contribution in [-0.4, -0.2) is 24.3 Å². The van der Waals surface area contributed by atoms with Crippen molar-refractivity contribution in [3.8, 4) is 0 Å². The third kappa shape index (κ3) is 3.38. The Hall–Kier alpha value is -1.83. The fraction of sp³-hybridized carbons (Fsp3) is 0. The summed E-state index contributed by atoms with van der Waals surface area (Å²) in [5, 5.41) is 0. The van der Waals surface area contributed by atoms with Crippen molar-refractivity contribution >= 4 is 22.4 Å². The summed E-state index contributed by atoms with van der Waals surface area (Å²) in [6.07, 6.45) is 2.90. The van der Waals surface area contributed by atoms with E-state index in [2.05, 4.69) is 19.3 Å². The second-order valence-corrected chi connectivity index (χ2v) is 2.44. The van der Waals surface area contributed by atoms with Gasteiger partial charge in [-0.2, -0.15) is 13.4 Å². The zero-order chi connectivity index (χ0) is 9.68. The average molecular weight is 199 g/mol. The van der Waals surface area contributed by atoms with Crippen LogP contribution >= 0.6 is 0 Å². The Morgan fingerprint density at radius 2 is 2.00 bits per heavy atom. The summed E-state index contributed by atoms with van der Waals surface area (Å²) in [6.45, 7) is 0. The van der Waals surface area contributed by atoms with E-state index < -0.39 is 16.5 Å². The monoisotopic (exact) mass is 199 g/mol. The molecule has 0 saturated carbocycles. The molecule has 0 spiro atoms. The van der Waals surface area contributed by atoms with Crippen molar-refractivity contribution < 1.29 is 8.42 Å². The number of aromatic nitrogens is 2. The molecular formula is C5H5N5O2S. The van der Waals surface area contributed by atoms with Gasteiger partial charge in [-0.05, 0) is 6.07 Å². The van der Waals surface area contributed by atoms with Gasteiger partial charge in [0, 0.05) is 12.4 Å². The summed E-state index contributed by atoms with van der Waals surface area (Å²) in [6, 6.07) is 1.60. The van der Waals surface area contributed by atoms with Gasteiger partial charge in [-0.3, -0.25) is 0 Å². The Morgan fingerprint density at radius 3 is 2.54 bits per heavy atom. The van der Waals surface area contributed by atoms with Crippen molar-refractivity contribution in [1.29, 1.82) is 0 Å². The number of aliphatic imine (C=N–C) groups is 1. The Balaban J connectivity index is 2.96. The van der Waals surface area contributed by atoms with E-state index in [0.717, 1.165) is 0 Å². The van der Waals surface area contributed by atoms with E-state index in [-0.39, 0.29) is 5.95 Å². The first-order valence-corrected chi connectivity index (χ1v) is 4.14. The fourth-order valence-electron chi connectivity index (χ4n) is 0.548. The molecule has 1 rings (SSSR count). The van der Waals surface area contributed by atoms with E-state index in [1.807, 2.05) is 0 Å². The van der Waals surface area contributed by atoms with Crippen molar-refractivity contribution in [3.63, 3.8) is 0 Å². The zero-order valence-corrected chi connectivity index (χ0v) is 7.14. The van der Waals surface area contributed by atoms with Gasteiger partial charge in [0.1, 0.15) is 0 Å². The van der Waals surface area contributed by atoms with Crippen molar-refractivity contribution in [2.75, 3.05) is 0 Å². The topological polar surface area (TPSA) is 111 Å². The Bertz CT molecular complexity index is 429. The molecule has 1 aromatic rings. The van der Waals surface area contributed by atoms with Gasteiger partial charge in [0.2, 0.25) is 5.96 Å². The second-order valence-electron chi connectivity index (χ2n) is 1.83. The lowest BCUT2D eigenvalue weighted by Gasteiger charge is -1.88. The van der Waals surface area contributed by atoms with Crippen molar-refractivity contribution in [3.05, 3.63) is 18.5 Å². The van der Waals surface area contributed by atoms with Crippen LogP contribution in [0.25, 0.3) is 0 Å². The van der Waals surface area contributed by atoms with Crippen LogP contribution in [0.15, 0.2) is 27.8 Å². The molecule has 0 aliphatic carbocycles. The number of nitrogens with zero attached hydrogens (tertiary/aromatic N) is 4. The minimum Gasteiger partial charge on any atom is -0.367 e. The maximum absolute atomic E-state index is 10.0. The third-order valence-corrected chi connectivity index (χ3v) is 1.27. The highest BCUT2D eigenvalue weighted by Gasteiger charge is 1.92. The van der Waals surface area contributed by atoms with Crippen LogP contribution in [0.2, 0.25) is 0 Å². The SMILES string of the molecule is NC(=Nc1ncccn1)N=S(=O)=O. The van der Waals surface area contributed by atoms with E-state index in [1.165, 1.54) is 12.4 Å². The van der Waals surface area contributed by atoms with Gasteiger partial charge in [0.15, 0.2) is 0 Å². The van der Waals surface area contributed by atoms with Crippen LogP contribution in [0.3, 0.4) is 0 Å². The summed E-state index contributed by atoms with van der Waals surface area (Å²) in [5.74, 6) is -0.339. The van der Waals surface area contributed by atoms with E-state index in [1.54, 1.807) is 6.07 Å². The Morgan fingerprint density at radius 1 is 1.38 bits per heavy atom. The normalized spacial score (nSPS) is 10.9. The fourth-order valence-corrected chi connectivity index (χ4v) is 0.742. The summed E-state index contributed by atoms with van der Waals surface area (Å²) in [4.78, 5) is 10.9. The molecule has 0 saturated heterocycles. The molecule has 13 heavy (non-hydrogen) atoms. The van der Waals surface area contributed by atoms with Crippen LogP contribution in [0.5, 0.6) is 0 Å². The van der Waals surface area contributed by atoms with E-state index in [9.17, 15) is 8.42 Å². The molecule has 0 atom stereocenters. The maximum atomic E-state index is 10.0. The van der Waals surface area contributed by atoms with Crippen molar-refractivity contribution in [2.45, 2.75) is 0 Å².